The Balaban J connectivity index is 1.97. The third kappa shape index (κ3) is 2.06. The summed E-state index contributed by atoms with van der Waals surface area (Å²) in [5.74, 6) is 0.768. The zero-order valence-electron chi connectivity index (χ0n) is 8.40. The first-order valence-corrected chi connectivity index (χ1v) is 6.37. The number of carbonyl (C=O) groups is 1. The van der Waals surface area contributed by atoms with Gasteiger partial charge in [0.05, 0.1) is 0 Å². The van der Waals surface area contributed by atoms with E-state index in [1.54, 1.807) is 0 Å². The van der Waals surface area contributed by atoms with E-state index in [-0.39, 0.29) is 6.04 Å². The SMILES string of the molecule is CCC1SCC(C(=O)O)NC1C1CC1. The summed E-state index contributed by atoms with van der Waals surface area (Å²) in [5, 5.41) is 12.9. The highest BCUT2D eigenvalue weighted by Crippen LogP contribution is 2.40. The molecule has 0 aromatic carbocycles. The van der Waals surface area contributed by atoms with Gasteiger partial charge >= 0.3 is 5.97 Å². The number of rotatable bonds is 3. The first-order chi connectivity index (χ1) is 6.72. The normalized spacial score (nSPS) is 38.2. The number of thioether (sulfide) groups is 1. The van der Waals surface area contributed by atoms with Crippen molar-refractivity contribution in [2.45, 2.75) is 43.5 Å². The molecule has 14 heavy (non-hydrogen) atoms. The number of hydrogen-bond donors (Lipinski definition) is 2. The van der Waals surface area contributed by atoms with Gasteiger partial charge in [0, 0.05) is 17.0 Å². The summed E-state index contributed by atoms with van der Waals surface area (Å²) in [4.78, 5) is 10.9. The van der Waals surface area contributed by atoms with Crippen molar-refractivity contribution in [1.82, 2.24) is 5.32 Å². The minimum absolute atomic E-state index is 0.326. The summed E-state index contributed by atoms with van der Waals surface area (Å²) in [6, 6.07) is 0.119. The zero-order valence-corrected chi connectivity index (χ0v) is 9.22. The molecule has 80 valence electrons. The van der Waals surface area contributed by atoms with Crippen LogP contribution in [0.15, 0.2) is 0 Å². The number of carboxylic acids is 1. The predicted molar refractivity (Wildman–Crippen MR) is 57.6 cm³/mol. The van der Waals surface area contributed by atoms with Crippen molar-refractivity contribution in [1.29, 1.82) is 0 Å². The Kier molecular flexibility index (Phi) is 3.02. The van der Waals surface area contributed by atoms with Crippen molar-refractivity contribution in [3.05, 3.63) is 0 Å². The molecule has 1 saturated carbocycles. The van der Waals surface area contributed by atoms with Crippen LogP contribution in [0.3, 0.4) is 0 Å². The minimum atomic E-state index is -0.697. The van der Waals surface area contributed by atoms with Gasteiger partial charge in [0.15, 0.2) is 0 Å². The fraction of sp³-hybridized carbons (Fsp3) is 0.900. The highest BCUT2D eigenvalue weighted by molar-refractivity contribution is 8.00. The van der Waals surface area contributed by atoms with E-state index in [4.69, 9.17) is 5.11 Å². The molecule has 0 aromatic rings. The Morgan fingerprint density at radius 3 is 2.79 bits per heavy atom. The Morgan fingerprint density at radius 2 is 2.29 bits per heavy atom. The lowest BCUT2D eigenvalue weighted by molar-refractivity contribution is -0.139. The molecule has 2 N–H and O–H groups in total. The standard InChI is InChI=1S/C10H17NO2S/c1-2-8-9(6-3-4-6)11-7(5-14-8)10(12)13/h6-9,11H,2-5H2,1H3,(H,12,13). The van der Waals surface area contributed by atoms with Gasteiger partial charge in [0.2, 0.25) is 0 Å². The van der Waals surface area contributed by atoms with Crippen molar-refractivity contribution in [3.63, 3.8) is 0 Å². The summed E-state index contributed by atoms with van der Waals surface area (Å²) < 4.78 is 0. The molecule has 4 heteroatoms. The topological polar surface area (TPSA) is 49.3 Å². The van der Waals surface area contributed by atoms with Gasteiger partial charge in [-0.25, -0.2) is 0 Å². The maximum absolute atomic E-state index is 10.9. The number of aliphatic carboxylic acids is 1. The first kappa shape index (κ1) is 10.3. The monoisotopic (exact) mass is 215 g/mol. The molecule has 0 radical (unpaired) electrons. The van der Waals surface area contributed by atoms with Crippen LogP contribution in [0.25, 0.3) is 0 Å². The lowest BCUT2D eigenvalue weighted by Gasteiger charge is -2.35. The van der Waals surface area contributed by atoms with Gasteiger partial charge in [0.1, 0.15) is 6.04 Å². The van der Waals surface area contributed by atoms with Gasteiger partial charge in [-0.3, -0.25) is 10.1 Å². The predicted octanol–water partition coefficient (Wildman–Crippen LogP) is 1.33. The second-order valence-corrected chi connectivity index (χ2v) is 5.47. The van der Waals surface area contributed by atoms with Crippen LogP contribution in [-0.4, -0.2) is 34.2 Å². The highest BCUT2D eigenvalue weighted by Gasteiger charge is 2.41. The fourth-order valence-corrected chi connectivity index (χ4v) is 3.54. The molecule has 2 fully saturated rings. The largest absolute Gasteiger partial charge is 0.480 e. The second-order valence-electron chi connectivity index (χ2n) is 4.20. The molecule has 2 rings (SSSR count). The summed E-state index contributed by atoms with van der Waals surface area (Å²) in [6.45, 7) is 2.19. The first-order valence-electron chi connectivity index (χ1n) is 5.32. The van der Waals surface area contributed by atoms with Crippen LogP contribution in [0.1, 0.15) is 26.2 Å². The average molecular weight is 215 g/mol. The number of nitrogens with one attached hydrogen (secondary N) is 1. The molecule has 0 bridgehead atoms. The van der Waals surface area contributed by atoms with Crippen LogP contribution in [0.2, 0.25) is 0 Å². The summed E-state index contributed by atoms with van der Waals surface area (Å²) in [5.41, 5.74) is 0. The minimum Gasteiger partial charge on any atom is -0.480 e. The summed E-state index contributed by atoms with van der Waals surface area (Å²) >= 11 is 1.83. The van der Waals surface area contributed by atoms with Crippen LogP contribution in [0.5, 0.6) is 0 Å². The van der Waals surface area contributed by atoms with Crippen LogP contribution >= 0.6 is 11.8 Å². The van der Waals surface area contributed by atoms with E-state index >= 15 is 0 Å². The van der Waals surface area contributed by atoms with E-state index in [1.807, 2.05) is 11.8 Å². The third-order valence-electron chi connectivity index (χ3n) is 3.10. The van der Waals surface area contributed by atoms with Crippen molar-refractivity contribution in [2.24, 2.45) is 5.92 Å². The Labute approximate surface area is 88.6 Å². The quantitative estimate of drug-likeness (QED) is 0.746. The second kappa shape index (κ2) is 4.11. The third-order valence-corrected chi connectivity index (χ3v) is 4.68. The maximum atomic E-state index is 10.9. The van der Waals surface area contributed by atoms with Crippen molar-refractivity contribution in [2.75, 3.05) is 5.75 Å². The smallest absolute Gasteiger partial charge is 0.321 e. The van der Waals surface area contributed by atoms with Crippen molar-refractivity contribution < 1.29 is 9.90 Å². The van der Waals surface area contributed by atoms with Gasteiger partial charge < -0.3 is 5.11 Å². The summed E-state index contributed by atoms with van der Waals surface area (Å²) in [6.07, 6.45) is 3.70. The molecular formula is C10H17NO2S. The number of hydrogen-bond acceptors (Lipinski definition) is 3. The van der Waals surface area contributed by atoms with E-state index in [9.17, 15) is 4.79 Å². The van der Waals surface area contributed by atoms with Crippen LogP contribution in [0.4, 0.5) is 0 Å². The molecule has 3 atom stereocenters. The molecule has 0 spiro atoms. The van der Waals surface area contributed by atoms with E-state index in [0.29, 0.717) is 11.3 Å². The number of carboxylic acid groups (broad SMARTS) is 1. The molecule has 3 unspecified atom stereocenters. The van der Waals surface area contributed by atoms with Gasteiger partial charge in [0.25, 0.3) is 0 Å². The summed E-state index contributed by atoms with van der Waals surface area (Å²) in [7, 11) is 0. The Hall–Kier alpha value is -0.220. The molecule has 1 aliphatic heterocycles. The highest BCUT2D eigenvalue weighted by atomic mass is 32.2. The van der Waals surface area contributed by atoms with Gasteiger partial charge in [-0.2, -0.15) is 11.8 Å². The average Bonchev–Trinajstić information content (AvgIpc) is 3.00. The lowest BCUT2D eigenvalue weighted by atomic mass is 10.0. The molecule has 1 aliphatic carbocycles. The van der Waals surface area contributed by atoms with E-state index in [2.05, 4.69) is 12.2 Å². The molecular weight excluding hydrogens is 198 g/mol. The molecule has 1 saturated heterocycles. The Bertz CT molecular complexity index is 230. The van der Waals surface area contributed by atoms with Crippen LogP contribution < -0.4 is 5.32 Å². The Morgan fingerprint density at radius 1 is 1.57 bits per heavy atom. The van der Waals surface area contributed by atoms with Crippen molar-refractivity contribution >= 4 is 17.7 Å². The molecule has 0 amide bonds. The van der Waals surface area contributed by atoms with Gasteiger partial charge in [-0.05, 0) is 25.2 Å². The molecule has 2 aliphatic rings. The van der Waals surface area contributed by atoms with Crippen molar-refractivity contribution in [3.8, 4) is 0 Å². The van der Waals surface area contributed by atoms with Crippen LogP contribution in [0, 0.1) is 5.92 Å². The van der Waals surface area contributed by atoms with E-state index in [1.165, 1.54) is 12.8 Å². The fourth-order valence-electron chi connectivity index (χ4n) is 2.12. The maximum Gasteiger partial charge on any atom is 0.321 e. The van der Waals surface area contributed by atoms with Gasteiger partial charge in [-0.1, -0.05) is 6.92 Å². The molecule has 1 heterocycles. The zero-order chi connectivity index (χ0) is 10.1. The van der Waals surface area contributed by atoms with Crippen LogP contribution in [-0.2, 0) is 4.79 Å². The molecule has 3 nitrogen and oxygen atoms in total. The lowest BCUT2D eigenvalue weighted by Crippen LogP contribution is -2.54. The van der Waals surface area contributed by atoms with E-state index < -0.39 is 5.97 Å². The molecule has 0 aromatic heterocycles. The van der Waals surface area contributed by atoms with Gasteiger partial charge in [-0.15, -0.1) is 0 Å². The van der Waals surface area contributed by atoms with E-state index in [0.717, 1.165) is 18.1 Å².